The molecule has 0 saturated heterocycles. The second kappa shape index (κ2) is 5.21. The van der Waals surface area contributed by atoms with Gasteiger partial charge in [0.25, 0.3) is 0 Å². The highest BCUT2D eigenvalue weighted by Gasteiger charge is 2.19. The van der Waals surface area contributed by atoms with Crippen LogP contribution in [0.2, 0.25) is 5.02 Å². The quantitative estimate of drug-likeness (QED) is 0.920. The van der Waals surface area contributed by atoms with Crippen LogP contribution in [0.15, 0.2) is 39.4 Å². The van der Waals surface area contributed by atoms with E-state index in [9.17, 15) is 4.39 Å². The molecule has 0 bridgehead atoms. The maximum atomic E-state index is 13.4. The Morgan fingerprint density at radius 1 is 1.41 bits per heavy atom. The Balaban J connectivity index is 2.42. The van der Waals surface area contributed by atoms with Crippen molar-refractivity contribution in [2.45, 2.75) is 6.04 Å². The van der Waals surface area contributed by atoms with E-state index in [2.05, 4.69) is 21.2 Å². The van der Waals surface area contributed by atoms with Crippen molar-refractivity contribution in [1.82, 2.24) is 5.32 Å². The normalized spacial score (nSPS) is 12.7. The molecule has 1 N–H and O–H groups in total. The highest BCUT2D eigenvalue weighted by Crippen LogP contribution is 2.30. The van der Waals surface area contributed by atoms with Gasteiger partial charge in [-0.3, -0.25) is 0 Å². The van der Waals surface area contributed by atoms with E-state index in [-0.39, 0.29) is 11.1 Å². The first-order valence-electron chi connectivity index (χ1n) is 4.98. The van der Waals surface area contributed by atoms with Crippen molar-refractivity contribution in [1.29, 1.82) is 0 Å². The third-order valence-corrected chi connectivity index (χ3v) is 3.43. The number of nitrogens with one attached hydrogen (secondary N) is 1. The molecule has 1 heterocycles. The third kappa shape index (κ3) is 2.54. The largest absolute Gasteiger partial charge is 0.466 e. The van der Waals surface area contributed by atoms with Crippen LogP contribution >= 0.6 is 27.5 Å². The van der Waals surface area contributed by atoms with Gasteiger partial charge in [-0.15, -0.1) is 0 Å². The highest BCUT2D eigenvalue weighted by molar-refractivity contribution is 9.10. The zero-order valence-electron chi connectivity index (χ0n) is 9.01. The van der Waals surface area contributed by atoms with Gasteiger partial charge >= 0.3 is 0 Å². The van der Waals surface area contributed by atoms with Crippen LogP contribution in [0.4, 0.5) is 4.39 Å². The van der Waals surface area contributed by atoms with Gasteiger partial charge in [0.15, 0.2) is 0 Å². The predicted octanol–water partition coefficient (Wildman–Crippen LogP) is 4.14. The van der Waals surface area contributed by atoms with E-state index in [0.29, 0.717) is 5.76 Å². The summed E-state index contributed by atoms with van der Waals surface area (Å²) in [6.07, 6.45) is 1.58. The summed E-state index contributed by atoms with van der Waals surface area (Å²) in [6, 6.07) is 6.28. The maximum absolute atomic E-state index is 13.4. The molecule has 2 rings (SSSR count). The average molecular weight is 319 g/mol. The first-order chi connectivity index (χ1) is 8.13. The topological polar surface area (TPSA) is 25.2 Å². The lowest BCUT2D eigenvalue weighted by Gasteiger charge is -2.15. The average Bonchev–Trinajstić information content (AvgIpc) is 2.71. The van der Waals surface area contributed by atoms with Gasteiger partial charge in [-0.2, -0.15) is 0 Å². The Hall–Kier alpha value is -0.840. The van der Waals surface area contributed by atoms with Crippen LogP contribution in [0.25, 0.3) is 0 Å². The molecule has 2 aromatic rings. The van der Waals surface area contributed by atoms with Crippen LogP contribution in [0.1, 0.15) is 17.4 Å². The summed E-state index contributed by atoms with van der Waals surface area (Å²) in [5.74, 6) is 0.265. The number of halogens is 3. The van der Waals surface area contributed by atoms with Crippen LogP contribution in [-0.2, 0) is 0 Å². The van der Waals surface area contributed by atoms with Gasteiger partial charge in [0, 0.05) is 0 Å². The fourth-order valence-electron chi connectivity index (χ4n) is 1.65. The zero-order chi connectivity index (χ0) is 12.4. The smallest absolute Gasteiger partial charge is 0.142 e. The minimum absolute atomic E-state index is 0.113. The van der Waals surface area contributed by atoms with Gasteiger partial charge in [0.2, 0.25) is 0 Å². The molecular weight excluding hydrogens is 308 g/mol. The van der Waals surface area contributed by atoms with Gasteiger partial charge in [-0.05, 0) is 46.7 Å². The van der Waals surface area contributed by atoms with Crippen LogP contribution in [-0.4, -0.2) is 7.05 Å². The van der Waals surface area contributed by atoms with E-state index in [0.717, 1.165) is 10.0 Å². The minimum atomic E-state index is -0.438. The molecule has 1 unspecified atom stereocenters. The van der Waals surface area contributed by atoms with Crippen molar-refractivity contribution in [3.05, 3.63) is 57.2 Å². The number of furan rings is 1. The summed E-state index contributed by atoms with van der Waals surface area (Å²) in [6.45, 7) is 0. The molecule has 1 aromatic carbocycles. The summed E-state index contributed by atoms with van der Waals surface area (Å²) >= 11 is 9.04. The molecule has 1 aromatic heterocycles. The van der Waals surface area contributed by atoms with E-state index in [1.165, 1.54) is 12.1 Å². The monoisotopic (exact) mass is 317 g/mol. The summed E-state index contributed by atoms with van der Waals surface area (Å²) < 4.78 is 19.6. The second-order valence-electron chi connectivity index (χ2n) is 3.53. The molecule has 0 aliphatic carbocycles. The zero-order valence-corrected chi connectivity index (χ0v) is 11.3. The molecule has 0 radical (unpaired) electrons. The molecule has 0 aliphatic rings. The Morgan fingerprint density at radius 2 is 2.18 bits per heavy atom. The fourth-order valence-corrected chi connectivity index (χ4v) is 2.20. The van der Waals surface area contributed by atoms with Crippen LogP contribution in [0.5, 0.6) is 0 Å². The molecule has 0 spiro atoms. The van der Waals surface area contributed by atoms with Gasteiger partial charge in [-0.25, -0.2) is 4.39 Å². The van der Waals surface area contributed by atoms with Gasteiger partial charge in [-0.1, -0.05) is 17.7 Å². The van der Waals surface area contributed by atoms with Crippen molar-refractivity contribution in [2.24, 2.45) is 0 Å². The van der Waals surface area contributed by atoms with Crippen LogP contribution in [0, 0.1) is 5.82 Å². The molecule has 90 valence electrons. The summed E-state index contributed by atoms with van der Waals surface area (Å²) in [4.78, 5) is 0. The number of benzene rings is 1. The summed E-state index contributed by atoms with van der Waals surface area (Å²) in [7, 11) is 1.78. The maximum Gasteiger partial charge on any atom is 0.142 e. The van der Waals surface area contributed by atoms with E-state index < -0.39 is 5.82 Å². The third-order valence-electron chi connectivity index (χ3n) is 2.47. The van der Waals surface area contributed by atoms with E-state index >= 15 is 0 Å². The van der Waals surface area contributed by atoms with Gasteiger partial charge in [0.05, 0.1) is 21.8 Å². The van der Waals surface area contributed by atoms with Crippen LogP contribution in [0.3, 0.4) is 0 Å². The lowest BCUT2D eigenvalue weighted by atomic mass is 10.0. The first-order valence-corrected chi connectivity index (χ1v) is 6.15. The minimum Gasteiger partial charge on any atom is -0.466 e. The molecule has 1 atom stereocenters. The van der Waals surface area contributed by atoms with Crippen molar-refractivity contribution in [3.8, 4) is 0 Å². The number of hydrogen-bond acceptors (Lipinski definition) is 2. The Morgan fingerprint density at radius 3 is 2.71 bits per heavy atom. The number of rotatable bonds is 3. The van der Waals surface area contributed by atoms with Gasteiger partial charge < -0.3 is 9.73 Å². The molecule has 5 heteroatoms. The van der Waals surface area contributed by atoms with Gasteiger partial charge in [0.1, 0.15) is 11.6 Å². The van der Waals surface area contributed by atoms with Crippen molar-refractivity contribution in [3.63, 3.8) is 0 Å². The SMILES string of the molecule is CNC(c1ccc(Cl)c(F)c1)c1occc1Br. The molecule has 0 aliphatic heterocycles. The van der Waals surface area contributed by atoms with E-state index in [1.807, 2.05) is 0 Å². The predicted molar refractivity (Wildman–Crippen MR) is 68.7 cm³/mol. The molecule has 17 heavy (non-hydrogen) atoms. The first kappa shape index (κ1) is 12.6. The van der Waals surface area contributed by atoms with Crippen LogP contribution < -0.4 is 5.32 Å². The lowest BCUT2D eigenvalue weighted by Crippen LogP contribution is -2.17. The Bertz CT molecular complexity index is 529. The fraction of sp³-hybridized carbons (Fsp3) is 0.167. The van der Waals surface area contributed by atoms with E-state index in [1.54, 1.807) is 25.4 Å². The number of hydrogen-bond donors (Lipinski definition) is 1. The van der Waals surface area contributed by atoms with Crippen molar-refractivity contribution in [2.75, 3.05) is 7.05 Å². The standard InChI is InChI=1S/C12H10BrClFNO/c1-16-11(12-8(13)4-5-17-12)7-2-3-9(14)10(15)6-7/h2-6,11,16H,1H3. The molecule has 0 amide bonds. The molecule has 0 saturated carbocycles. The van der Waals surface area contributed by atoms with Crippen molar-refractivity contribution < 1.29 is 8.81 Å². The molecule has 2 nitrogen and oxygen atoms in total. The lowest BCUT2D eigenvalue weighted by molar-refractivity contribution is 0.460. The van der Waals surface area contributed by atoms with Crippen molar-refractivity contribution >= 4 is 27.5 Å². The summed E-state index contributed by atoms with van der Waals surface area (Å²) in [5.41, 5.74) is 0.755. The molecule has 0 fully saturated rings. The Labute approximate surface area is 112 Å². The molecular formula is C12H10BrClFNO. The van der Waals surface area contributed by atoms with E-state index in [4.69, 9.17) is 16.0 Å². The Kier molecular flexibility index (Phi) is 3.86. The highest BCUT2D eigenvalue weighted by atomic mass is 79.9. The second-order valence-corrected chi connectivity index (χ2v) is 4.79. The summed E-state index contributed by atoms with van der Waals surface area (Å²) in [5, 5.41) is 3.19.